The second-order valence-electron chi connectivity index (χ2n) is 5.48. The number of rotatable bonds is 6. The highest BCUT2D eigenvalue weighted by Gasteiger charge is 2.11. The Morgan fingerprint density at radius 3 is 2.35 bits per heavy atom. The number of nitrogens with zero attached hydrogens (tertiary/aromatic N) is 1. The molecule has 0 spiro atoms. The van der Waals surface area contributed by atoms with Gasteiger partial charge in [-0.05, 0) is 23.3 Å². The number of anilines is 1. The number of aliphatic hydroxyl groups excluding tert-OH is 2. The van der Waals surface area contributed by atoms with Crippen molar-refractivity contribution in [1.82, 2.24) is 4.98 Å². The van der Waals surface area contributed by atoms with Gasteiger partial charge in [0.25, 0.3) is 0 Å². The first-order valence-corrected chi connectivity index (χ1v) is 7.00. The van der Waals surface area contributed by atoms with Crippen LogP contribution in [0.15, 0.2) is 30.5 Å². The van der Waals surface area contributed by atoms with Gasteiger partial charge in [-0.1, -0.05) is 38.1 Å². The van der Waals surface area contributed by atoms with Crippen molar-refractivity contribution in [3.05, 3.63) is 36.0 Å². The van der Waals surface area contributed by atoms with E-state index in [1.807, 2.05) is 24.4 Å². The second-order valence-corrected chi connectivity index (χ2v) is 5.48. The Morgan fingerprint density at radius 1 is 1.10 bits per heavy atom. The molecule has 0 saturated carbocycles. The molecule has 0 atom stereocenters. The predicted molar refractivity (Wildman–Crippen MR) is 81.9 cm³/mol. The minimum atomic E-state index is -0.387. The van der Waals surface area contributed by atoms with Crippen molar-refractivity contribution in [2.24, 2.45) is 5.92 Å². The summed E-state index contributed by atoms with van der Waals surface area (Å²) >= 11 is 0. The van der Waals surface area contributed by atoms with Crippen LogP contribution in [0.25, 0.3) is 10.8 Å². The van der Waals surface area contributed by atoms with Gasteiger partial charge in [-0.2, -0.15) is 0 Å². The molecule has 4 heteroatoms. The summed E-state index contributed by atoms with van der Waals surface area (Å²) < 4.78 is 0. The van der Waals surface area contributed by atoms with Crippen LogP contribution in [-0.2, 0) is 6.42 Å². The van der Waals surface area contributed by atoms with Gasteiger partial charge in [0.1, 0.15) is 5.82 Å². The van der Waals surface area contributed by atoms with E-state index in [0.29, 0.717) is 11.7 Å². The molecule has 0 aliphatic heterocycles. The molecule has 0 saturated heterocycles. The first kappa shape index (κ1) is 14.8. The number of fused-ring (bicyclic) bond motifs is 1. The lowest BCUT2D eigenvalue weighted by Crippen LogP contribution is -2.28. The fraction of sp³-hybridized carbons (Fsp3) is 0.438. The van der Waals surface area contributed by atoms with Gasteiger partial charge < -0.3 is 15.5 Å². The first-order chi connectivity index (χ1) is 9.65. The largest absolute Gasteiger partial charge is 0.394 e. The maximum Gasteiger partial charge on any atom is 0.134 e. The molecule has 0 aliphatic rings. The van der Waals surface area contributed by atoms with Crippen LogP contribution in [-0.4, -0.2) is 34.5 Å². The molecule has 0 fully saturated rings. The fourth-order valence-corrected chi connectivity index (χ4v) is 2.31. The van der Waals surface area contributed by atoms with Gasteiger partial charge in [0, 0.05) is 11.6 Å². The third kappa shape index (κ3) is 3.26. The second kappa shape index (κ2) is 6.68. The zero-order chi connectivity index (χ0) is 14.5. The van der Waals surface area contributed by atoms with Crippen LogP contribution in [0.2, 0.25) is 0 Å². The minimum Gasteiger partial charge on any atom is -0.394 e. The Labute approximate surface area is 119 Å². The predicted octanol–water partition coefficient (Wildman–Crippen LogP) is 2.20. The summed E-state index contributed by atoms with van der Waals surface area (Å²) in [5, 5.41) is 23.7. The third-order valence-electron chi connectivity index (χ3n) is 3.29. The summed E-state index contributed by atoms with van der Waals surface area (Å²) in [5.41, 5.74) is 1.23. The molecular weight excluding hydrogens is 252 g/mol. The van der Waals surface area contributed by atoms with Gasteiger partial charge in [0.05, 0.1) is 19.3 Å². The molecule has 0 radical (unpaired) electrons. The molecule has 0 unspecified atom stereocenters. The highest BCUT2D eigenvalue weighted by atomic mass is 16.3. The molecule has 4 nitrogen and oxygen atoms in total. The highest BCUT2D eigenvalue weighted by Crippen LogP contribution is 2.26. The smallest absolute Gasteiger partial charge is 0.134 e. The molecule has 108 valence electrons. The van der Waals surface area contributed by atoms with E-state index in [1.165, 1.54) is 10.9 Å². The minimum absolute atomic E-state index is 0.125. The van der Waals surface area contributed by atoms with E-state index in [0.717, 1.165) is 11.8 Å². The molecule has 1 aromatic carbocycles. The number of aliphatic hydroxyl groups is 2. The monoisotopic (exact) mass is 274 g/mol. The van der Waals surface area contributed by atoms with Crippen LogP contribution < -0.4 is 5.32 Å². The summed E-state index contributed by atoms with van der Waals surface area (Å²) in [5.74, 6) is 1.28. The van der Waals surface area contributed by atoms with Crippen LogP contribution in [0, 0.1) is 5.92 Å². The molecule has 2 aromatic rings. The van der Waals surface area contributed by atoms with E-state index in [-0.39, 0.29) is 19.3 Å². The van der Waals surface area contributed by atoms with E-state index in [1.54, 1.807) is 0 Å². The number of aromatic nitrogens is 1. The van der Waals surface area contributed by atoms with Gasteiger partial charge in [-0.25, -0.2) is 4.98 Å². The highest BCUT2D eigenvalue weighted by molar-refractivity contribution is 5.94. The molecule has 1 heterocycles. The van der Waals surface area contributed by atoms with Gasteiger partial charge in [0.2, 0.25) is 0 Å². The summed E-state index contributed by atoms with van der Waals surface area (Å²) in [6.45, 7) is 4.13. The third-order valence-corrected chi connectivity index (χ3v) is 3.29. The van der Waals surface area contributed by atoms with E-state index < -0.39 is 0 Å². The Morgan fingerprint density at radius 2 is 1.75 bits per heavy atom. The van der Waals surface area contributed by atoms with Gasteiger partial charge in [0.15, 0.2) is 0 Å². The Balaban J connectivity index is 2.42. The summed E-state index contributed by atoms with van der Waals surface area (Å²) in [6, 6.07) is 7.71. The number of pyridine rings is 1. The maximum absolute atomic E-state index is 9.18. The number of benzene rings is 1. The van der Waals surface area contributed by atoms with E-state index in [2.05, 4.69) is 30.2 Å². The van der Waals surface area contributed by atoms with Crippen LogP contribution in [0.3, 0.4) is 0 Å². The number of hydrogen-bond donors (Lipinski definition) is 3. The van der Waals surface area contributed by atoms with E-state index in [9.17, 15) is 10.2 Å². The average Bonchev–Trinajstić information content (AvgIpc) is 2.46. The van der Waals surface area contributed by atoms with Crippen LogP contribution in [0.4, 0.5) is 5.82 Å². The summed E-state index contributed by atoms with van der Waals surface area (Å²) in [4.78, 5) is 4.46. The quantitative estimate of drug-likeness (QED) is 0.755. The van der Waals surface area contributed by atoms with E-state index in [4.69, 9.17) is 0 Å². The lowest BCUT2D eigenvalue weighted by atomic mass is 9.99. The van der Waals surface area contributed by atoms with Gasteiger partial charge in [-0.15, -0.1) is 0 Å². The molecule has 0 amide bonds. The van der Waals surface area contributed by atoms with Crippen molar-refractivity contribution in [2.75, 3.05) is 18.5 Å². The van der Waals surface area contributed by atoms with Gasteiger partial charge >= 0.3 is 0 Å². The molecular formula is C16H22N2O2. The zero-order valence-electron chi connectivity index (χ0n) is 12.0. The van der Waals surface area contributed by atoms with Crippen LogP contribution in [0.5, 0.6) is 0 Å². The lowest BCUT2D eigenvalue weighted by molar-refractivity contribution is 0.203. The van der Waals surface area contributed by atoms with Crippen molar-refractivity contribution >= 4 is 16.6 Å². The summed E-state index contributed by atoms with van der Waals surface area (Å²) in [7, 11) is 0. The van der Waals surface area contributed by atoms with Crippen molar-refractivity contribution in [1.29, 1.82) is 0 Å². The summed E-state index contributed by atoms with van der Waals surface area (Å²) in [6.07, 6.45) is 2.87. The normalized spacial score (nSPS) is 11.5. The Hall–Kier alpha value is -1.65. The fourth-order valence-electron chi connectivity index (χ4n) is 2.31. The number of nitrogens with one attached hydrogen (secondary N) is 1. The van der Waals surface area contributed by atoms with Crippen molar-refractivity contribution in [2.45, 2.75) is 26.3 Å². The zero-order valence-corrected chi connectivity index (χ0v) is 12.0. The maximum atomic E-state index is 9.18. The van der Waals surface area contributed by atoms with Crippen LogP contribution in [0.1, 0.15) is 19.4 Å². The molecule has 20 heavy (non-hydrogen) atoms. The van der Waals surface area contributed by atoms with Crippen molar-refractivity contribution in [3.8, 4) is 0 Å². The standard InChI is InChI=1S/C16H22N2O2/c1-11(2)7-12-8-17-16(18-13(9-19)10-20)15-6-4-3-5-14(12)15/h3-6,8,11,13,19-20H,7,9-10H2,1-2H3,(H,17,18). The lowest BCUT2D eigenvalue weighted by Gasteiger charge is -2.17. The van der Waals surface area contributed by atoms with Crippen molar-refractivity contribution in [3.63, 3.8) is 0 Å². The molecule has 2 rings (SSSR count). The van der Waals surface area contributed by atoms with Crippen LogP contribution >= 0.6 is 0 Å². The number of hydrogen-bond acceptors (Lipinski definition) is 4. The Bertz CT molecular complexity index is 565. The molecule has 0 aliphatic carbocycles. The van der Waals surface area contributed by atoms with Gasteiger partial charge in [-0.3, -0.25) is 0 Å². The SMILES string of the molecule is CC(C)Cc1cnc(NC(CO)CO)c2ccccc12. The molecule has 0 bridgehead atoms. The van der Waals surface area contributed by atoms with E-state index >= 15 is 0 Å². The Kier molecular flexibility index (Phi) is 4.93. The molecule has 3 N–H and O–H groups in total. The topological polar surface area (TPSA) is 65.4 Å². The molecule has 1 aromatic heterocycles. The average molecular weight is 274 g/mol. The van der Waals surface area contributed by atoms with Crippen molar-refractivity contribution < 1.29 is 10.2 Å². The first-order valence-electron chi connectivity index (χ1n) is 7.00.